The number of benzene rings is 3. The molecule has 0 unspecified atom stereocenters. The molecule has 3 heteroatoms. The molecule has 3 nitrogen and oxygen atoms in total. The number of anilines is 3. The fourth-order valence-corrected chi connectivity index (χ4v) is 4.98. The van der Waals surface area contributed by atoms with Gasteiger partial charge in [0.15, 0.2) is 0 Å². The summed E-state index contributed by atoms with van der Waals surface area (Å²) in [4.78, 5) is 0. The zero-order valence-corrected chi connectivity index (χ0v) is 16.3. The monoisotopic (exact) mass is 371 g/mol. The third kappa shape index (κ3) is 3.22. The zero-order valence-electron chi connectivity index (χ0n) is 16.3. The van der Waals surface area contributed by atoms with Crippen LogP contribution in [0.4, 0.5) is 17.1 Å². The fraction of sp³-hybridized carbons (Fsp3) is 0.280. The molecule has 0 radical (unpaired) electrons. The van der Waals surface area contributed by atoms with Gasteiger partial charge in [0.05, 0.1) is 0 Å². The SMILES string of the molecule is Nc1ccc(C(c2ccc(N)cc2)(c2ccc(N)cc2)C2CCCCC2)cc1. The van der Waals surface area contributed by atoms with Gasteiger partial charge in [-0.1, -0.05) is 55.7 Å². The van der Waals surface area contributed by atoms with Crippen LogP contribution in [0.5, 0.6) is 0 Å². The van der Waals surface area contributed by atoms with Crippen molar-refractivity contribution in [2.45, 2.75) is 37.5 Å². The highest BCUT2D eigenvalue weighted by Crippen LogP contribution is 2.50. The number of rotatable bonds is 4. The molecule has 3 aromatic rings. The van der Waals surface area contributed by atoms with Crippen molar-refractivity contribution < 1.29 is 0 Å². The fourth-order valence-electron chi connectivity index (χ4n) is 4.98. The Bertz CT molecular complexity index is 795. The van der Waals surface area contributed by atoms with Gasteiger partial charge in [-0.05, 0) is 71.8 Å². The van der Waals surface area contributed by atoms with Crippen LogP contribution < -0.4 is 17.2 Å². The Morgan fingerprint density at radius 1 is 0.500 bits per heavy atom. The molecule has 0 heterocycles. The molecule has 0 amide bonds. The summed E-state index contributed by atoms with van der Waals surface area (Å²) in [5.74, 6) is 0.511. The first-order chi connectivity index (χ1) is 13.6. The van der Waals surface area contributed by atoms with Crippen LogP contribution >= 0.6 is 0 Å². The Hall–Kier alpha value is -2.94. The molecule has 1 fully saturated rings. The molecule has 28 heavy (non-hydrogen) atoms. The Kier molecular flexibility index (Phi) is 4.99. The van der Waals surface area contributed by atoms with E-state index in [1.165, 1.54) is 48.8 Å². The van der Waals surface area contributed by atoms with Crippen molar-refractivity contribution in [3.63, 3.8) is 0 Å². The summed E-state index contributed by atoms with van der Waals surface area (Å²) >= 11 is 0. The van der Waals surface area contributed by atoms with Gasteiger partial charge < -0.3 is 17.2 Å². The van der Waals surface area contributed by atoms with Crippen LogP contribution in [0.3, 0.4) is 0 Å². The quantitative estimate of drug-likeness (QED) is 0.427. The Balaban J connectivity index is 2.01. The lowest BCUT2D eigenvalue weighted by Gasteiger charge is -2.44. The minimum atomic E-state index is -0.241. The molecule has 3 aromatic carbocycles. The summed E-state index contributed by atoms with van der Waals surface area (Å²) in [6, 6.07) is 25.2. The van der Waals surface area contributed by atoms with Crippen LogP contribution in [-0.2, 0) is 5.41 Å². The third-order valence-electron chi connectivity index (χ3n) is 6.32. The molecule has 0 spiro atoms. The lowest BCUT2D eigenvalue weighted by Crippen LogP contribution is -2.39. The van der Waals surface area contributed by atoms with Gasteiger partial charge in [0, 0.05) is 22.5 Å². The molecular formula is C25H29N3. The van der Waals surface area contributed by atoms with Gasteiger partial charge >= 0.3 is 0 Å². The average Bonchev–Trinajstić information content (AvgIpc) is 2.73. The predicted octanol–water partition coefficient (Wildman–Crippen LogP) is 5.35. The summed E-state index contributed by atoms with van der Waals surface area (Å²) in [7, 11) is 0. The first kappa shape index (κ1) is 18.4. The lowest BCUT2D eigenvalue weighted by atomic mass is 9.58. The van der Waals surface area contributed by atoms with Gasteiger partial charge in [-0.2, -0.15) is 0 Å². The van der Waals surface area contributed by atoms with Crippen molar-refractivity contribution in [3.05, 3.63) is 89.5 Å². The molecule has 0 bridgehead atoms. The molecule has 1 aliphatic rings. The maximum absolute atomic E-state index is 6.03. The molecular weight excluding hydrogens is 342 g/mol. The number of hydrogen-bond donors (Lipinski definition) is 3. The molecule has 1 aliphatic carbocycles. The van der Waals surface area contributed by atoms with Gasteiger partial charge in [0.25, 0.3) is 0 Å². The van der Waals surface area contributed by atoms with E-state index in [9.17, 15) is 0 Å². The van der Waals surface area contributed by atoms with Crippen LogP contribution in [0, 0.1) is 5.92 Å². The van der Waals surface area contributed by atoms with Crippen molar-refractivity contribution in [1.29, 1.82) is 0 Å². The summed E-state index contributed by atoms with van der Waals surface area (Å²) in [6.45, 7) is 0. The van der Waals surface area contributed by atoms with Crippen molar-refractivity contribution in [1.82, 2.24) is 0 Å². The van der Waals surface area contributed by atoms with Crippen molar-refractivity contribution in [3.8, 4) is 0 Å². The minimum absolute atomic E-state index is 0.241. The van der Waals surface area contributed by atoms with Gasteiger partial charge in [0.2, 0.25) is 0 Å². The Labute approximate surface area is 167 Å². The molecule has 0 aliphatic heterocycles. The second kappa shape index (κ2) is 7.59. The summed E-state index contributed by atoms with van der Waals surface area (Å²) in [5, 5.41) is 0. The first-order valence-corrected chi connectivity index (χ1v) is 10.2. The minimum Gasteiger partial charge on any atom is -0.399 e. The van der Waals surface area contributed by atoms with Crippen molar-refractivity contribution in [2.75, 3.05) is 17.2 Å². The number of hydrogen-bond acceptors (Lipinski definition) is 3. The highest BCUT2D eigenvalue weighted by molar-refractivity contribution is 5.57. The van der Waals surface area contributed by atoms with Gasteiger partial charge in [-0.15, -0.1) is 0 Å². The van der Waals surface area contributed by atoms with E-state index in [0.29, 0.717) is 5.92 Å². The van der Waals surface area contributed by atoms with E-state index >= 15 is 0 Å². The zero-order chi connectivity index (χ0) is 19.6. The van der Waals surface area contributed by atoms with E-state index in [4.69, 9.17) is 17.2 Å². The smallest absolute Gasteiger partial charge is 0.0479 e. The molecule has 1 saturated carbocycles. The van der Waals surface area contributed by atoms with Gasteiger partial charge in [0.1, 0.15) is 0 Å². The second-order valence-corrected chi connectivity index (χ2v) is 8.01. The van der Waals surface area contributed by atoms with Crippen LogP contribution in [0.25, 0.3) is 0 Å². The van der Waals surface area contributed by atoms with Crippen molar-refractivity contribution >= 4 is 17.1 Å². The van der Waals surface area contributed by atoms with E-state index in [2.05, 4.69) is 36.4 Å². The van der Waals surface area contributed by atoms with E-state index in [0.717, 1.165) is 17.1 Å². The van der Waals surface area contributed by atoms with Gasteiger partial charge in [-0.3, -0.25) is 0 Å². The maximum atomic E-state index is 6.03. The Morgan fingerprint density at radius 2 is 0.821 bits per heavy atom. The molecule has 0 saturated heterocycles. The standard InChI is InChI=1S/C25H29N3/c26-22-12-6-19(7-13-22)25(18-4-2-1-3-5-18,20-8-14-23(27)15-9-20)21-10-16-24(28)17-11-21/h6-18H,1-5,26-28H2. The normalized spacial score (nSPS) is 15.4. The van der Waals surface area contributed by atoms with E-state index in [1.54, 1.807) is 0 Å². The lowest BCUT2D eigenvalue weighted by molar-refractivity contribution is 0.271. The molecule has 0 atom stereocenters. The van der Waals surface area contributed by atoms with Crippen LogP contribution in [-0.4, -0.2) is 0 Å². The second-order valence-electron chi connectivity index (χ2n) is 8.01. The first-order valence-electron chi connectivity index (χ1n) is 10.2. The summed E-state index contributed by atoms with van der Waals surface area (Å²) in [6.07, 6.45) is 6.27. The van der Waals surface area contributed by atoms with Crippen molar-refractivity contribution in [2.24, 2.45) is 5.92 Å². The average molecular weight is 372 g/mol. The maximum Gasteiger partial charge on any atom is 0.0479 e. The van der Waals surface area contributed by atoms with E-state index in [1.807, 2.05) is 36.4 Å². The van der Waals surface area contributed by atoms with Crippen LogP contribution in [0.1, 0.15) is 48.8 Å². The highest BCUT2D eigenvalue weighted by Gasteiger charge is 2.43. The largest absolute Gasteiger partial charge is 0.399 e. The predicted molar refractivity (Wildman–Crippen MR) is 119 cm³/mol. The summed E-state index contributed by atoms with van der Waals surface area (Å²) < 4.78 is 0. The number of nitrogen functional groups attached to an aromatic ring is 3. The highest BCUT2D eigenvalue weighted by atomic mass is 14.6. The number of nitrogens with two attached hydrogens (primary N) is 3. The van der Waals surface area contributed by atoms with Crippen LogP contribution in [0.2, 0.25) is 0 Å². The third-order valence-corrected chi connectivity index (χ3v) is 6.32. The Morgan fingerprint density at radius 3 is 1.14 bits per heavy atom. The van der Waals surface area contributed by atoms with E-state index < -0.39 is 0 Å². The topological polar surface area (TPSA) is 78.1 Å². The molecule has 6 N–H and O–H groups in total. The molecule has 0 aromatic heterocycles. The molecule has 144 valence electrons. The van der Waals surface area contributed by atoms with Gasteiger partial charge in [-0.25, -0.2) is 0 Å². The van der Waals surface area contributed by atoms with E-state index in [-0.39, 0.29) is 5.41 Å². The molecule has 4 rings (SSSR count). The van der Waals surface area contributed by atoms with Crippen LogP contribution in [0.15, 0.2) is 72.8 Å². The summed E-state index contributed by atoms with van der Waals surface area (Å²) in [5.41, 5.74) is 24.1.